The third kappa shape index (κ3) is 5.16. The lowest BCUT2D eigenvalue weighted by Crippen LogP contribution is -2.30. The number of aromatic amines is 2. The van der Waals surface area contributed by atoms with Gasteiger partial charge in [0.2, 0.25) is 11.8 Å². The maximum absolute atomic E-state index is 15.3. The van der Waals surface area contributed by atoms with Crippen molar-refractivity contribution in [2.24, 2.45) is 0 Å². The highest BCUT2D eigenvalue weighted by atomic mass is 19.1. The molecule has 2 atom stereocenters. The van der Waals surface area contributed by atoms with Gasteiger partial charge in [-0.2, -0.15) is 0 Å². The third-order valence-electron chi connectivity index (χ3n) is 8.36. The first kappa shape index (κ1) is 26.9. The van der Waals surface area contributed by atoms with E-state index in [-0.39, 0.29) is 29.7 Å². The molecule has 2 aliphatic rings. The Bertz CT molecular complexity index is 1560. The number of likely N-dealkylation sites (tertiary alicyclic amines) is 2. The van der Waals surface area contributed by atoms with Crippen LogP contribution in [0, 0.1) is 5.82 Å². The molecule has 2 N–H and O–H groups in total. The van der Waals surface area contributed by atoms with Gasteiger partial charge in [0.25, 0.3) is 0 Å². The molecule has 6 rings (SSSR count). The van der Waals surface area contributed by atoms with Gasteiger partial charge in [-0.1, -0.05) is 44.2 Å². The van der Waals surface area contributed by atoms with Crippen molar-refractivity contribution in [3.63, 3.8) is 0 Å². The van der Waals surface area contributed by atoms with Crippen LogP contribution in [0.15, 0.2) is 54.9 Å². The van der Waals surface area contributed by atoms with E-state index >= 15 is 4.39 Å². The molecule has 2 amide bonds. The SMILES string of the molecule is CCC(=O)N1CCC[C@H]1c1ncc(-c2ccc(-c3ccc(-c4cnc([C@@H]5CCCN5C(=O)CC)[nH]4)c(F)c3)cc2)[nH]1. The number of halogens is 1. The van der Waals surface area contributed by atoms with Crippen molar-refractivity contribution < 1.29 is 14.0 Å². The maximum atomic E-state index is 15.3. The summed E-state index contributed by atoms with van der Waals surface area (Å²) in [4.78, 5) is 44.2. The van der Waals surface area contributed by atoms with E-state index in [0.717, 1.165) is 67.0 Å². The van der Waals surface area contributed by atoms with Gasteiger partial charge in [-0.25, -0.2) is 14.4 Å². The molecule has 2 aromatic carbocycles. The Morgan fingerprint density at radius 1 is 0.780 bits per heavy atom. The number of hydrogen-bond acceptors (Lipinski definition) is 4. The highest BCUT2D eigenvalue weighted by Crippen LogP contribution is 2.35. The summed E-state index contributed by atoms with van der Waals surface area (Å²) in [5, 5.41) is 0. The largest absolute Gasteiger partial charge is 0.340 e. The second-order valence-electron chi connectivity index (χ2n) is 10.8. The van der Waals surface area contributed by atoms with E-state index in [1.165, 1.54) is 0 Å². The predicted octanol–water partition coefficient (Wildman–Crippen LogP) is 6.42. The van der Waals surface area contributed by atoms with Crippen LogP contribution in [0.2, 0.25) is 0 Å². The van der Waals surface area contributed by atoms with Gasteiger partial charge in [0.15, 0.2) is 0 Å². The summed E-state index contributed by atoms with van der Waals surface area (Å²) >= 11 is 0. The van der Waals surface area contributed by atoms with Crippen LogP contribution in [0.25, 0.3) is 33.6 Å². The van der Waals surface area contributed by atoms with Crippen molar-refractivity contribution in [1.82, 2.24) is 29.7 Å². The summed E-state index contributed by atoms with van der Waals surface area (Å²) in [5.74, 6) is 1.46. The van der Waals surface area contributed by atoms with Gasteiger partial charge in [-0.05, 0) is 54.5 Å². The number of hydrogen-bond donors (Lipinski definition) is 2. The molecule has 9 heteroatoms. The molecule has 41 heavy (non-hydrogen) atoms. The molecule has 8 nitrogen and oxygen atoms in total. The molecule has 212 valence electrons. The van der Waals surface area contributed by atoms with E-state index in [4.69, 9.17) is 0 Å². The number of amides is 2. The Balaban J connectivity index is 1.17. The van der Waals surface area contributed by atoms with E-state index in [1.54, 1.807) is 18.3 Å². The van der Waals surface area contributed by atoms with Crippen molar-refractivity contribution in [2.75, 3.05) is 13.1 Å². The Morgan fingerprint density at radius 3 is 1.85 bits per heavy atom. The van der Waals surface area contributed by atoms with E-state index < -0.39 is 0 Å². The first-order valence-electron chi connectivity index (χ1n) is 14.6. The predicted molar refractivity (Wildman–Crippen MR) is 155 cm³/mol. The summed E-state index contributed by atoms with van der Waals surface area (Å²) in [6.07, 6.45) is 8.11. The minimum absolute atomic E-state index is 0.00107. The number of nitrogens with zero attached hydrogens (tertiary/aromatic N) is 4. The number of rotatable bonds is 7. The summed E-state index contributed by atoms with van der Waals surface area (Å²) in [5.41, 5.74) is 4.59. The molecule has 2 fully saturated rings. The number of benzene rings is 2. The molecule has 2 aromatic heterocycles. The van der Waals surface area contributed by atoms with Crippen LogP contribution in [0.3, 0.4) is 0 Å². The normalized spacial score (nSPS) is 18.8. The number of H-pyrrole nitrogens is 2. The number of imidazole rings is 2. The minimum Gasteiger partial charge on any atom is -0.340 e. The van der Waals surface area contributed by atoms with Crippen molar-refractivity contribution in [3.8, 4) is 33.6 Å². The van der Waals surface area contributed by atoms with Gasteiger partial charge >= 0.3 is 0 Å². The lowest BCUT2D eigenvalue weighted by Gasteiger charge is -2.22. The number of carbonyl (C=O) groups is 2. The fraction of sp³-hybridized carbons (Fsp3) is 0.375. The standard InChI is InChI=1S/C32H35FN6O2/c1-3-29(40)38-15-5-7-27(38)31-34-18-25(36-31)21-11-9-20(10-12-21)22-13-14-23(24(33)17-22)26-19-35-32(37-26)28-8-6-16-39(28)30(41)4-2/h9-14,17-19,27-28H,3-8,15-16H2,1-2H3,(H,34,36)(H,35,37)/t27-,28-/m0/s1. The molecular formula is C32H35FN6O2. The molecule has 0 bridgehead atoms. The Labute approximate surface area is 239 Å². The van der Waals surface area contributed by atoms with E-state index in [0.29, 0.717) is 29.9 Å². The number of nitrogens with one attached hydrogen (secondary N) is 2. The van der Waals surface area contributed by atoms with Gasteiger partial charge in [-0.3, -0.25) is 9.59 Å². The summed E-state index contributed by atoms with van der Waals surface area (Å²) in [6, 6.07) is 13.1. The molecule has 4 aromatic rings. The van der Waals surface area contributed by atoms with E-state index in [2.05, 4.69) is 19.9 Å². The van der Waals surface area contributed by atoms with Crippen LogP contribution in [-0.2, 0) is 9.59 Å². The molecule has 2 saturated heterocycles. The highest BCUT2D eigenvalue weighted by Gasteiger charge is 2.32. The zero-order valence-electron chi connectivity index (χ0n) is 23.5. The number of carbonyl (C=O) groups excluding carboxylic acids is 2. The molecule has 0 aliphatic carbocycles. The van der Waals surface area contributed by atoms with Gasteiger partial charge in [-0.15, -0.1) is 0 Å². The van der Waals surface area contributed by atoms with Gasteiger partial charge in [0.05, 0.1) is 35.9 Å². The van der Waals surface area contributed by atoms with Crippen LogP contribution in [0.1, 0.15) is 76.1 Å². The third-order valence-corrected chi connectivity index (χ3v) is 8.36. The lowest BCUT2D eigenvalue weighted by atomic mass is 10.0. The van der Waals surface area contributed by atoms with Crippen molar-refractivity contribution in [3.05, 3.63) is 72.3 Å². The van der Waals surface area contributed by atoms with E-state index in [9.17, 15) is 9.59 Å². The fourth-order valence-electron chi connectivity index (χ4n) is 6.16. The van der Waals surface area contributed by atoms with Crippen LogP contribution in [-0.4, -0.2) is 54.6 Å². The molecule has 0 radical (unpaired) electrons. The average molecular weight is 555 g/mol. The molecule has 4 heterocycles. The maximum Gasteiger partial charge on any atom is 0.222 e. The first-order chi connectivity index (χ1) is 20.0. The summed E-state index contributed by atoms with van der Waals surface area (Å²) < 4.78 is 15.3. The van der Waals surface area contributed by atoms with Crippen LogP contribution in [0.5, 0.6) is 0 Å². The minimum atomic E-state index is -0.337. The van der Waals surface area contributed by atoms with Gasteiger partial charge < -0.3 is 19.8 Å². The molecule has 0 unspecified atom stereocenters. The first-order valence-corrected chi connectivity index (χ1v) is 14.6. The molecule has 2 aliphatic heterocycles. The Kier molecular flexibility index (Phi) is 7.43. The summed E-state index contributed by atoms with van der Waals surface area (Å²) in [7, 11) is 0. The van der Waals surface area contributed by atoms with Crippen LogP contribution < -0.4 is 0 Å². The van der Waals surface area contributed by atoms with Crippen molar-refractivity contribution in [1.29, 1.82) is 0 Å². The topological polar surface area (TPSA) is 98.0 Å². The fourth-order valence-corrected chi connectivity index (χ4v) is 6.16. The highest BCUT2D eigenvalue weighted by molar-refractivity contribution is 5.77. The molecule has 0 spiro atoms. The van der Waals surface area contributed by atoms with Crippen molar-refractivity contribution >= 4 is 11.8 Å². The zero-order valence-corrected chi connectivity index (χ0v) is 23.5. The van der Waals surface area contributed by atoms with Gasteiger partial charge in [0.1, 0.15) is 17.5 Å². The summed E-state index contributed by atoms with van der Waals surface area (Å²) in [6.45, 7) is 5.26. The monoisotopic (exact) mass is 554 g/mol. The second kappa shape index (κ2) is 11.3. The Morgan fingerprint density at radius 2 is 1.29 bits per heavy atom. The molecular weight excluding hydrogens is 519 g/mol. The quantitative estimate of drug-likeness (QED) is 0.275. The Hall–Kier alpha value is -4.27. The lowest BCUT2D eigenvalue weighted by molar-refractivity contribution is -0.132. The van der Waals surface area contributed by atoms with Crippen molar-refractivity contribution in [2.45, 2.75) is 64.5 Å². The van der Waals surface area contributed by atoms with Crippen LogP contribution in [0.4, 0.5) is 4.39 Å². The second-order valence-corrected chi connectivity index (χ2v) is 10.8. The zero-order chi connectivity index (χ0) is 28.5. The smallest absolute Gasteiger partial charge is 0.222 e. The number of aromatic nitrogens is 4. The molecule has 0 saturated carbocycles. The average Bonchev–Trinajstić information content (AvgIpc) is 3.82. The van der Waals surface area contributed by atoms with Crippen LogP contribution >= 0.6 is 0 Å². The van der Waals surface area contributed by atoms with Gasteiger partial charge in [0, 0.05) is 31.5 Å². The van der Waals surface area contributed by atoms with E-state index in [1.807, 2.05) is 60.2 Å².